The molecule has 0 aromatic carbocycles. The number of hydrogen-bond donors (Lipinski definition) is 6. The lowest BCUT2D eigenvalue weighted by atomic mass is 10.1. The summed E-state index contributed by atoms with van der Waals surface area (Å²) in [6.07, 6.45) is -4.46. The number of aromatic nitrogens is 7. The van der Waals surface area contributed by atoms with Crippen LogP contribution in [0.25, 0.3) is 22.2 Å². The van der Waals surface area contributed by atoms with Crippen LogP contribution in [0.1, 0.15) is 24.4 Å². The van der Waals surface area contributed by atoms with Crippen molar-refractivity contribution in [3.05, 3.63) is 41.1 Å². The van der Waals surface area contributed by atoms with Crippen molar-refractivity contribution < 1.29 is 52.2 Å². The molecule has 4 aromatic heterocycles. The summed E-state index contributed by atoms with van der Waals surface area (Å²) in [5.41, 5.74) is 0.744. The van der Waals surface area contributed by atoms with Gasteiger partial charge in [-0.1, -0.05) is 0 Å². The van der Waals surface area contributed by atoms with Crippen LogP contribution < -0.4 is 10.9 Å². The number of anilines is 1. The van der Waals surface area contributed by atoms with Crippen molar-refractivity contribution in [3.63, 3.8) is 0 Å². The number of nitrogens with zero attached hydrogens (tertiary/aromatic N) is 7. The summed E-state index contributed by atoms with van der Waals surface area (Å²) in [5, 5.41) is 34.4. The fraction of sp³-hybridized carbons (Fsp3) is 0.577. The molecule has 10 atom stereocenters. The molecule has 50 heavy (non-hydrogen) atoms. The molecular formula is C26H32FN8O11P2S2+. The van der Waals surface area contributed by atoms with Crippen molar-refractivity contribution in [3.8, 4) is 0 Å². The van der Waals surface area contributed by atoms with Crippen molar-refractivity contribution in [1.82, 2.24) is 33.6 Å². The molecule has 4 aromatic rings. The Bertz CT molecular complexity index is 2020. The van der Waals surface area contributed by atoms with Gasteiger partial charge in [-0.25, -0.2) is 24.3 Å². The van der Waals surface area contributed by atoms with Crippen molar-refractivity contribution in [2.75, 3.05) is 31.7 Å². The number of rotatable bonds is 12. The van der Waals surface area contributed by atoms with Crippen LogP contribution in [-0.2, 0) is 52.4 Å². The number of halogens is 1. The molecule has 5 N–H and O–H groups in total. The summed E-state index contributed by atoms with van der Waals surface area (Å²) in [7, 11) is -2.57. The molecule has 0 spiro atoms. The third-order valence-corrected chi connectivity index (χ3v) is 10.9. The Balaban J connectivity index is 1.07. The van der Waals surface area contributed by atoms with E-state index in [0.29, 0.717) is 24.4 Å². The molecule has 0 amide bonds. The Kier molecular flexibility index (Phi) is 10.4. The molecule has 0 saturated carbocycles. The van der Waals surface area contributed by atoms with Crippen molar-refractivity contribution in [2.45, 2.75) is 68.5 Å². The van der Waals surface area contributed by atoms with Crippen LogP contribution in [0.5, 0.6) is 0 Å². The van der Waals surface area contributed by atoms with Gasteiger partial charge < -0.3 is 44.1 Å². The standard InChI is InChI=1S/C26H31FN8O11P2S2/c27-16-19(13(7-37)43-25(16)34-6-12-2-1-3-28-21-15(12)22(34)30-9-29-21)46-48(41,50)42-8-14-18(38)20(45-47(40)49)26(44-14)35-11-31-17-23(35)32-10-33(4-5-36)24(17)39/h6,9-11,13-14,16,18-20,25-26,36-38H,1-5,7-8H2,(H2-,28,29,30,40,41,49,50)/p+1/t13-,14-,16-,18-,19-,20-,25-,26-,48?/m1/s1. The molecule has 7 rings (SSSR count). The maximum atomic E-state index is 16.1. The molecule has 2 saturated heterocycles. The third kappa shape index (κ3) is 6.62. The van der Waals surface area contributed by atoms with Gasteiger partial charge in [0.2, 0.25) is 0 Å². The Morgan fingerprint density at radius 1 is 1.12 bits per heavy atom. The van der Waals surface area contributed by atoms with Gasteiger partial charge in [0, 0.05) is 12.7 Å². The molecule has 0 bridgehead atoms. The van der Waals surface area contributed by atoms with Crippen molar-refractivity contribution in [2.24, 2.45) is 0 Å². The zero-order chi connectivity index (χ0) is 35.3. The van der Waals surface area contributed by atoms with Crippen molar-refractivity contribution >= 4 is 66.0 Å². The van der Waals surface area contributed by atoms with Gasteiger partial charge in [-0.15, -0.1) is 4.52 Å². The average Bonchev–Trinajstić information content (AvgIpc) is 3.79. The zero-order valence-electron chi connectivity index (χ0n) is 25.8. The third-order valence-electron chi connectivity index (χ3n) is 8.67. The highest BCUT2D eigenvalue weighted by Gasteiger charge is 2.52. The van der Waals surface area contributed by atoms with Gasteiger partial charge in [0.25, 0.3) is 5.56 Å². The van der Waals surface area contributed by atoms with Gasteiger partial charge in [0.15, 0.2) is 35.9 Å². The van der Waals surface area contributed by atoms with Crippen LogP contribution in [0, 0.1) is 0 Å². The number of fused-ring (bicyclic) bond motifs is 1. The van der Waals surface area contributed by atoms with Gasteiger partial charge in [-0.05, 0) is 34.8 Å². The summed E-state index contributed by atoms with van der Waals surface area (Å²) in [4.78, 5) is 40.8. The first kappa shape index (κ1) is 35.8. The number of alkyl halides is 1. The molecule has 3 aliphatic rings. The molecule has 2 unspecified atom stereocenters. The van der Waals surface area contributed by atoms with Gasteiger partial charge in [-0.3, -0.25) is 18.5 Å². The summed E-state index contributed by atoms with van der Waals surface area (Å²) >= 11 is 8.99. The number of aryl methyl sites for hydroxylation is 1. The predicted octanol–water partition coefficient (Wildman–Crippen LogP) is 0.465. The molecule has 24 heteroatoms. The van der Waals surface area contributed by atoms with E-state index < -0.39 is 81.9 Å². The highest BCUT2D eigenvalue weighted by Crippen LogP contribution is 2.51. The number of thiol groups is 1. The molecule has 270 valence electrons. The lowest BCUT2D eigenvalue weighted by Gasteiger charge is -2.25. The number of hydrogen-bond acceptors (Lipinski definition) is 16. The largest absolute Gasteiger partial charge is 0.582 e. The minimum Gasteiger partial charge on any atom is -0.395 e. The summed E-state index contributed by atoms with van der Waals surface area (Å²) in [6, 6.07) is 0. The molecule has 3 aliphatic heterocycles. The Hall–Kier alpha value is -2.56. The minimum absolute atomic E-state index is 0.0127. The van der Waals surface area contributed by atoms with E-state index >= 15 is 4.39 Å². The summed E-state index contributed by atoms with van der Waals surface area (Å²) < 4.78 is 60.3. The van der Waals surface area contributed by atoms with E-state index in [0.717, 1.165) is 21.9 Å². The lowest BCUT2D eigenvalue weighted by molar-refractivity contribution is -0.0531. The molecule has 0 radical (unpaired) electrons. The fourth-order valence-electron chi connectivity index (χ4n) is 6.40. The van der Waals surface area contributed by atoms with E-state index in [4.69, 9.17) is 34.9 Å². The number of aliphatic hydroxyl groups excluding tert-OH is 3. The highest BCUT2D eigenvalue weighted by molar-refractivity contribution is 8.39. The monoisotopic (exact) mass is 777 g/mol. The molecule has 2 fully saturated rings. The minimum atomic E-state index is -4.31. The van der Waals surface area contributed by atoms with Crippen LogP contribution in [0.4, 0.5) is 10.2 Å². The van der Waals surface area contributed by atoms with E-state index in [1.807, 2.05) is 0 Å². The van der Waals surface area contributed by atoms with E-state index in [1.165, 1.54) is 28.1 Å². The first-order valence-corrected chi connectivity index (χ1v) is 20.3. The maximum absolute atomic E-state index is 16.1. The van der Waals surface area contributed by atoms with Gasteiger partial charge in [0.05, 0.1) is 38.1 Å². The topological polar surface area (TPSA) is 240 Å². The van der Waals surface area contributed by atoms with Crippen LogP contribution in [-0.4, -0.2) is 117 Å². The Morgan fingerprint density at radius 3 is 2.68 bits per heavy atom. The summed E-state index contributed by atoms with van der Waals surface area (Å²) in [5.74, 6) is 0.617. The summed E-state index contributed by atoms with van der Waals surface area (Å²) in [6.45, 7) is -5.18. The average molecular weight is 778 g/mol. The Morgan fingerprint density at radius 2 is 1.92 bits per heavy atom. The highest BCUT2D eigenvalue weighted by atomic mass is 32.7. The van der Waals surface area contributed by atoms with Crippen LogP contribution >= 0.6 is 26.2 Å². The quantitative estimate of drug-likeness (QED) is 0.0846. The van der Waals surface area contributed by atoms with E-state index in [-0.39, 0.29) is 24.3 Å². The smallest absolute Gasteiger partial charge is 0.395 e. The molecular weight excluding hydrogens is 745 g/mol. The fourth-order valence-corrected chi connectivity index (χ4v) is 8.60. The van der Waals surface area contributed by atoms with E-state index in [2.05, 4.69) is 37.5 Å². The van der Waals surface area contributed by atoms with Crippen LogP contribution in [0.2, 0.25) is 0 Å². The van der Waals surface area contributed by atoms with E-state index in [9.17, 15) is 29.6 Å². The Labute approximate surface area is 292 Å². The van der Waals surface area contributed by atoms with Crippen LogP contribution in [0.3, 0.4) is 0 Å². The number of imidazole rings is 1. The second kappa shape index (κ2) is 14.5. The first-order valence-electron chi connectivity index (χ1n) is 15.3. The predicted molar refractivity (Wildman–Crippen MR) is 178 cm³/mol. The SMILES string of the molecule is O=c1c2ncn([C@@H]3O[C@H](COP(O)(=S)O[C@H]4[C@@H](F)[C@H](n5cc6c7c(ncnc75)NCCC6)O[C@@H]4CO)[C@@H](O)[C@H]3O[P+](=O)S)c2ncn1CCO. The molecule has 0 aliphatic carbocycles. The van der Waals surface area contributed by atoms with Gasteiger partial charge in [-0.2, -0.15) is 0 Å². The number of nitrogens with one attached hydrogen (secondary N) is 1. The van der Waals surface area contributed by atoms with Gasteiger partial charge in [0.1, 0.15) is 60.8 Å². The first-order chi connectivity index (χ1) is 24.0. The number of ether oxygens (including phenoxy) is 2. The normalized spacial score (nSPS) is 29.7. The second-order valence-corrected chi connectivity index (χ2v) is 16.2. The molecule has 19 nitrogen and oxygen atoms in total. The lowest BCUT2D eigenvalue weighted by Crippen LogP contribution is -2.35. The van der Waals surface area contributed by atoms with Crippen molar-refractivity contribution in [1.29, 1.82) is 0 Å². The second-order valence-electron chi connectivity index (χ2n) is 11.7. The van der Waals surface area contributed by atoms with Crippen LogP contribution in [0.15, 0.2) is 30.0 Å². The van der Waals surface area contributed by atoms with E-state index in [1.54, 1.807) is 6.20 Å². The molecule has 7 heterocycles. The van der Waals surface area contributed by atoms with Gasteiger partial charge >= 0.3 is 13.9 Å². The number of aliphatic hydroxyl groups is 3. The zero-order valence-corrected chi connectivity index (χ0v) is 29.3. The maximum Gasteiger partial charge on any atom is 0.582 e.